The Hall–Kier alpha value is -2.32. The molecule has 1 N–H and O–H groups in total. The summed E-state index contributed by atoms with van der Waals surface area (Å²) in [7, 11) is 1.63. The van der Waals surface area contributed by atoms with Crippen LogP contribution in [0.4, 0.5) is 11.5 Å². The lowest BCUT2D eigenvalue weighted by Crippen LogP contribution is -2.51. The standard InChI is InChI=1S/C23H24Cl2N4O3/c1-30-21-8-17-20(26-13-27-23(17)28-14-4-5-18(24)19(25)7-14)9-22(21)32-12-16-11-31-10-15-3-2-6-29(15)16/h4-5,7-9,13,15-16H,2-3,6,10-12H2,1H3,(H,26,27,28)/t15-,16?/m0/s1. The molecular weight excluding hydrogens is 451 g/mol. The molecule has 2 saturated heterocycles. The van der Waals surface area contributed by atoms with Crippen molar-refractivity contribution in [2.45, 2.75) is 24.9 Å². The monoisotopic (exact) mass is 474 g/mol. The quantitative estimate of drug-likeness (QED) is 0.542. The van der Waals surface area contributed by atoms with Crippen molar-refractivity contribution in [3.05, 3.63) is 46.7 Å². The van der Waals surface area contributed by atoms with Gasteiger partial charge in [0.2, 0.25) is 0 Å². The minimum atomic E-state index is 0.244. The molecule has 2 aliphatic heterocycles. The molecule has 0 amide bonds. The Morgan fingerprint density at radius 2 is 2.03 bits per heavy atom. The third-order valence-electron chi connectivity index (χ3n) is 6.05. The first-order chi connectivity index (χ1) is 15.6. The van der Waals surface area contributed by atoms with Gasteiger partial charge in [0.1, 0.15) is 18.8 Å². The van der Waals surface area contributed by atoms with E-state index in [1.807, 2.05) is 18.2 Å². The van der Waals surface area contributed by atoms with Crippen LogP contribution in [-0.2, 0) is 4.74 Å². The van der Waals surface area contributed by atoms with E-state index in [0.717, 1.165) is 29.7 Å². The topological polar surface area (TPSA) is 68.7 Å². The lowest BCUT2D eigenvalue weighted by atomic mass is 10.1. The van der Waals surface area contributed by atoms with Gasteiger partial charge in [0, 0.05) is 23.2 Å². The summed E-state index contributed by atoms with van der Waals surface area (Å²) in [5.74, 6) is 1.92. The highest BCUT2D eigenvalue weighted by Crippen LogP contribution is 2.36. The van der Waals surface area contributed by atoms with Gasteiger partial charge >= 0.3 is 0 Å². The van der Waals surface area contributed by atoms with Crippen LogP contribution in [0.5, 0.6) is 11.5 Å². The summed E-state index contributed by atoms with van der Waals surface area (Å²) in [6, 6.07) is 9.87. The number of anilines is 2. The van der Waals surface area contributed by atoms with Gasteiger partial charge in [-0.1, -0.05) is 23.2 Å². The number of ether oxygens (including phenoxy) is 3. The summed E-state index contributed by atoms with van der Waals surface area (Å²) in [5.41, 5.74) is 1.52. The lowest BCUT2D eigenvalue weighted by molar-refractivity contribution is -0.0438. The number of nitrogens with one attached hydrogen (secondary N) is 1. The zero-order valence-corrected chi connectivity index (χ0v) is 19.2. The van der Waals surface area contributed by atoms with Crippen molar-refractivity contribution in [1.82, 2.24) is 14.9 Å². The molecule has 32 heavy (non-hydrogen) atoms. The maximum atomic E-state index is 6.21. The van der Waals surface area contributed by atoms with Gasteiger partial charge in [-0.25, -0.2) is 9.97 Å². The van der Waals surface area contributed by atoms with Crippen LogP contribution >= 0.6 is 23.2 Å². The predicted octanol–water partition coefficient (Wildman–Crippen LogP) is 4.93. The smallest absolute Gasteiger partial charge is 0.163 e. The number of hydrogen-bond donors (Lipinski definition) is 1. The summed E-state index contributed by atoms with van der Waals surface area (Å²) >= 11 is 12.2. The summed E-state index contributed by atoms with van der Waals surface area (Å²) in [6.07, 6.45) is 3.93. The average molecular weight is 475 g/mol. The summed E-state index contributed by atoms with van der Waals surface area (Å²) in [6.45, 7) is 3.15. The fraction of sp³-hybridized carbons (Fsp3) is 0.391. The minimum Gasteiger partial charge on any atom is -0.493 e. The number of hydrogen-bond acceptors (Lipinski definition) is 7. The molecule has 3 heterocycles. The first-order valence-electron chi connectivity index (χ1n) is 10.6. The average Bonchev–Trinajstić information content (AvgIpc) is 3.29. The Balaban J connectivity index is 1.39. The highest BCUT2D eigenvalue weighted by molar-refractivity contribution is 6.42. The summed E-state index contributed by atoms with van der Waals surface area (Å²) in [4.78, 5) is 11.3. The zero-order valence-electron chi connectivity index (χ0n) is 17.7. The number of morpholine rings is 1. The van der Waals surface area contributed by atoms with Crippen LogP contribution in [0.1, 0.15) is 12.8 Å². The van der Waals surface area contributed by atoms with E-state index in [-0.39, 0.29) is 6.04 Å². The fourth-order valence-electron chi connectivity index (χ4n) is 4.43. The van der Waals surface area contributed by atoms with Crippen molar-refractivity contribution in [3.8, 4) is 11.5 Å². The molecule has 0 bridgehead atoms. The number of nitrogens with zero attached hydrogens (tertiary/aromatic N) is 3. The number of aromatic nitrogens is 2. The molecular formula is C23H24Cl2N4O3. The number of rotatable bonds is 6. The van der Waals surface area contributed by atoms with Crippen LogP contribution in [-0.4, -0.2) is 60.4 Å². The SMILES string of the molecule is COc1cc2c(Nc3ccc(Cl)c(Cl)c3)ncnc2cc1OCC1COC[C@@H]2CCCN12. The molecule has 0 spiro atoms. The van der Waals surface area contributed by atoms with E-state index < -0.39 is 0 Å². The molecule has 1 aromatic heterocycles. The first kappa shape index (κ1) is 21.5. The molecule has 0 aliphatic carbocycles. The molecule has 168 valence electrons. The lowest BCUT2D eigenvalue weighted by Gasteiger charge is -2.37. The third-order valence-corrected chi connectivity index (χ3v) is 6.79. The predicted molar refractivity (Wildman–Crippen MR) is 126 cm³/mol. The Kier molecular flexibility index (Phi) is 6.24. The van der Waals surface area contributed by atoms with E-state index in [9.17, 15) is 0 Å². The molecule has 7 nitrogen and oxygen atoms in total. The largest absolute Gasteiger partial charge is 0.493 e. The van der Waals surface area contributed by atoms with Crippen LogP contribution in [0.3, 0.4) is 0 Å². The molecule has 1 unspecified atom stereocenters. The number of benzene rings is 2. The molecule has 2 aliphatic rings. The van der Waals surface area contributed by atoms with Gasteiger partial charge in [-0.3, -0.25) is 4.90 Å². The number of fused-ring (bicyclic) bond motifs is 2. The number of halogens is 2. The van der Waals surface area contributed by atoms with Crippen molar-refractivity contribution >= 4 is 45.6 Å². The Labute approximate surface area is 196 Å². The van der Waals surface area contributed by atoms with Crippen molar-refractivity contribution in [1.29, 1.82) is 0 Å². The van der Waals surface area contributed by atoms with Crippen LogP contribution in [0, 0.1) is 0 Å². The molecule has 2 aromatic carbocycles. The van der Waals surface area contributed by atoms with Crippen molar-refractivity contribution in [2.24, 2.45) is 0 Å². The van der Waals surface area contributed by atoms with Gasteiger partial charge in [0.15, 0.2) is 11.5 Å². The van der Waals surface area contributed by atoms with E-state index in [1.165, 1.54) is 19.2 Å². The van der Waals surface area contributed by atoms with Gasteiger partial charge in [-0.05, 0) is 43.7 Å². The van der Waals surface area contributed by atoms with Crippen LogP contribution < -0.4 is 14.8 Å². The van der Waals surface area contributed by atoms with E-state index >= 15 is 0 Å². The van der Waals surface area contributed by atoms with E-state index in [0.29, 0.717) is 46.6 Å². The molecule has 9 heteroatoms. The van der Waals surface area contributed by atoms with E-state index in [4.69, 9.17) is 37.4 Å². The second-order valence-corrected chi connectivity index (χ2v) is 8.85. The molecule has 0 radical (unpaired) electrons. The second-order valence-electron chi connectivity index (χ2n) is 8.03. The van der Waals surface area contributed by atoms with Gasteiger partial charge in [0.05, 0.1) is 41.9 Å². The Morgan fingerprint density at radius 3 is 2.88 bits per heavy atom. The maximum absolute atomic E-state index is 6.21. The molecule has 5 rings (SSSR count). The first-order valence-corrected chi connectivity index (χ1v) is 11.4. The van der Waals surface area contributed by atoms with Gasteiger partial charge in [-0.2, -0.15) is 0 Å². The highest BCUT2D eigenvalue weighted by atomic mass is 35.5. The fourth-order valence-corrected chi connectivity index (χ4v) is 4.73. The maximum Gasteiger partial charge on any atom is 0.163 e. The van der Waals surface area contributed by atoms with Crippen molar-refractivity contribution in [2.75, 3.05) is 38.8 Å². The molecule has 0 saturated carbocycles. The molecule has 2 atom stereocenters. The third kappa shape index (κ3) is 4.30. The van der Waals surface area contributed by atoms with Gasteiger partial charge < -0.3 is 19.5 Å². The van der Waals surface area contributed by atoms with E-state index in [2.05, 4.69) is 20.2 Å². The van der Waals surface area contributed by atoms with Crippen molar-refractivity contribution in [3.63, 3.8) is 0 Å². The Morgan fingerprint density at radius 1 is 1.12 bits per heavy atom. The zero-order chi connectivity index (χ0) is 22.1. The van der Waals surface area contributed by atoms with Crippen LogP contribution in [0.15, 0.2) is 36.7 Å². The Bertz CT molecular complexity index is 1130. The number of methoxy groups -OCH3 is 1. The minimum absolute atomic E-state index is 0.244. The van der Waals surface area contributed by atoms with Crippen molar-refractivity contribution < 1.29 is 14.2 Å². The second kappa shape index (κ2) is 9.27. The van der Waals surface area contributed by atoms with Gasteiger partial charge in [-0.15, -0.1) is 0 Å². The van der Waals surface area contributed by atoms with Crippen LogP contribution in [0.25, 0.3) is 10.9 Å². The summed E-state index contributed by atoms with van der Waals surface area (Å²) in [5, 5.41) is 5.05. The van der Waals surface area contributed by atoms with Gasteiger partial charge in [0.25, 0.3) is 0 Å². The normalized spacial score (nSPS) is 20.8. The van der Waals surface area contributed by atoms with Crippen LogP contribution in [0.2, 0.25) is 10.0 Å². The highest BCUT2D eigenvalue weighted by Gasteiger charge is 2.35. The molecule has 3 aromatic rings. The van der Waals surface area contributed by atoms with E-state index in [1.54, 1.807) is 19.2 Å². The molecule has 2 fully saturated rings. The summed E-state index contributed by atoms with van der Waals surface area (Å²) < 4.78 is 17.6.